The van der Waals surface area contributed by atoms with Crippen LogP contribution in [0.5, 0.6) is 5.75 Å². The Morgan fingerprint density at radius 1 is 0.613 bits per heavy atom. The van der Waals surface area contributed by atoms with Gasteiger partial charge in [-0.1, -0.05) is 125 Å². The van der Waals surface area contributed by atoms with Crippen molar-refractivity contribution in [1.29, 1.82) is 0 Å². The minimum Gasteiger partial charge on any atom is -0.508 e. The maximum atomic E-state index is 14.7. The Kier molecular flexibility index (Phi) is 20.2. The zero-order valence-corrected chi connectivity index (χ0v) is 42.5. The average molecular weight is 1030 g/mol. The van der Waals surface area contributed by atoms with Crippen molar-refractivity contribution < 1.29 is 48.6 Å². The van der Waals surface area contributed by atoms with Crippen molar-refractivity contribution in [2.75, 3.05) is 6.54 Å². The fraction of sp³-hybridized carbons (Fsp3) is 0.375. The zero-order chi connectivity index (χ0) is 54.0. The number of H-pyrrole nitrogens is 1. The first kappa shape index (κ1) is 56.0. The number of carboxylic acid groups (broad SMARTS) is 1. The van der Waals surface area contributed by atoms with Crippen molar-refractivity contribution in [2.45, 2.75) is 115 Å². The monoisotopic (exact) mass is 1030 g/mol. The third-order valence-electron chi connectivity index (χ3n) is 13.3. The molecule has 0 radical (unpaired) electrons. The van der Waals surface area contributed by atoms with Gasteiger partial charge in [0.05, 0.1) is 6.33 Å². The molecule has 0 bridgehead atoms. The number of phenols is 1. The van der Waals surface area contributed by atoms with Crippen molar-refractivity contribution >= 4 is 47.3 Å². The van der Waals surface area contributed by atoms with Gasteiger partial charge in [-0.05, 0) is 65.6 Å². The van der Waals surface area contributed by atoms with Crippen LogP contribution in [0.4, 0.5) is 0 Å². The van der Waals surface area contributed by atoms with Gasteiger partial charge in [0.1, 0.15) is 48.0 Å². The largest absolute Gasteiger partial charge is 0.508 e. The number of nitrogens with one attached hydrogen (secondary N) is 7. The first-order valence-electron chi connectivity index (χ1n) is 25.2. The molecule has 1 aromatic heterocycles. The highest BCUT2D eigenvalue weighted by Crippen LogP contribution is 2.21. The number of aromatic nitrogens is 2. The van der Waals surface area contributed by atoms with Crippen LogP contribution in [-0.4, -0.2) is 121 Å². The number of phenolic OH excluding ortho intramolecular Hbond substituents is 1. The third-order valence-corrected chi connectivity index (χ3v) is 13.3. The maximum absolute atomic E-state index is 14.7. The summed E-state index contributed by atoms with van der Waals surface area (Å²) in [5, 5.41) is 36.8. The van der Waals surface area contributed by atoms with E-state index in [1.54, 1.807) is 93.6 Å². The predicted octanol–water partition coefficient (Wildman–Crippen LogP) is 3.39. The van der Waals surface area contributed by atoms with E-state index in [1.165, 1.54) is 29.6 Å². The number of carboxylic acids is 1. The van der Waals surface area contributed by atoms with Gasteiger partial charge < -0.3 is 52.0 Å². The number of hydrogen-bond donors (Lipinski definition) is 9. The van der Waals surface area contributed by atoms with Crippen LogP contribution in [0.1, 0.15) is 79.7 Å². The van der Waals surface area contributed by atoms with E-state index in [-0.39, 0.29) is 44.4 Å². The van der Waals surface area contributed by atoms with Gasteiger partial charge >= 0.3 is 5.97 Å². The van der Waals surface area contributed by atoms with Gasteiger partial charge in [-0.3, -0.25) is 33.6 Å². The lowest BCUT2D eigenvalue weighted by Gasteiger charge is -2.32. The number of nitrogens with zero attached hydrogens (tertiary/aromatic N) is 2. The molecule has 396 valence electrons. The Hall–Kier alpha value is -8.35. The second kappa shape index (κ2) is 27.1. The van der Waals surface area contributed by atoms with Crippen molar-refractivity contribution in [2.24, 2.45) is 11.8 Å². The SMILES string of the molecule is CC[C@H](C)[C@H](NC(=O)[C@H](Cc1ccc(O)cc1)NC(=O)[C@@H](NC(=O)[C@H](Cc1ccccc1)NC(=O)c1ccccc1)C(C)C)C(=O)N[C@@H](Cc1cnc[nH]1)C(=O)N1CCC[C@H]1C(=O)N[C@@H](Cc1ccccc1)C(=O)O. The lowest BCUT2D eigenvalue weighted by Crippen LogP contribution is -2.62. The zero-order valence-electron chi connectivity index (χ0n) is 42.5. The summed E-state index contributed by atoms with van der Waals surface area (Å²) in [5.74, 6) is -6.93. The molecule has 4 aromatic carbocycles. The van der Waals surface area contributed by atoms with E-state index in [4.69, 9.17) is 0 Å². The molecule has 6 rings (SSSR count). The van der Waals surface area contributed by atoms with Crippen LogP contribution in [-0.2, 0) is 59.2 Å². The number of imidazole rings is 1. The summed E-state index contributed by atoms with van der Waals surface area (Å²) in [5.41, 5.74) is 2.82. The van der Waals surface area contributed by atoms with Gasteiger partial charge in [-0.25, -0.2) is 9.78 Å². The highest BCUT2D eigenvalue weighted by atomic mass is 16.4. The van der Waals surface area contributed by atoms with Crippen LogP contribution in [0.2, 0.25) is 0 Å². The lowest BCUT2D eigenvalue weighted by atomic mass is 9.96. The Labute approximate surface area is 436 Å². The molecular formula is C56H67N9O10. The van der Waals surface area contributed by atoms with Crippen LogP contribution in [0.3, 0.4) is 0 Å². The molecule has 2 heterocycles. The van der Waals surface area contributed by atoms with Gasteiger partial charge in [0.15, 0.2) is 0 Å². The van der Waals surface area contributed by atoms with E-state index in [1.807, 2.05) is 37.3 Å². The molecule has 1 saturated heterocycles. The van der Waals surface area contributed by atoms with Gasteiger partial charge in [0, 0.05) is 49.7 Å². The number of carbonyl (C=O) groups excluding carboxylic acids is 7. The fourth-order valence-electron chi connectivity index (χ4n) is 8.87. The molecule has 7 amide bonds. The number of hydrogen-bond acceptors (Lipinski definition) is 10. The van der Waals surface area contributed by atoms with Crippen molar-refractivity contribution in [3.8, 4) is 5.75 Å². The highest BCUT2D eigenvalue weighted by Gasteiger charge is 2.41. The normalized spacial score (nSPS) is 16.0. The number of aliphatic carboxylic acids is 1. The minimum atomic E-state index is -1.35. The van der Waals surface area contributed by atoms with Gasteiger partial charge in [-0.2, -0.15) is 0 Å². The van der Waals surface area contributed by atoms with Crippen LogP contribution in [0.15, 0.2) is 128 Å². The molecule has 75 heavy (non-hydrogen) atoms. The van der Waals surface area contributed by atoms with Gasteiger partial charge in [-0.15, -0.1) is 0 Å². The van der Waals surface area contributed by atoms with Crippen LogP contribution < -0.4 is 31.9 Å². The number of aromatic amines is 1. The van der Waals surface area contributed by atoms with Crippen molar-refractivity contribution in [3.63, 3.8) is 0 Å². The Morgan fingerprint density at radius 3 is 1.68 bits per heavy atom. The first-order chi connectivity index (χ1) is 36.0. The number of carbonyl (C=O) groups is 8. The van der Waals surface area contributed by atoms with Crippen molar-refractivity contribution in [3.05, 3.63) is 156 Å². The minimum absolute atomic E-state index is 0.0181. The van der Waals surface area contributed by atoms with E-state index in [0.29, 0.717) is 35.2 Å². The Balaban J connectivity index is 1.21. The summed E-state index contributed by atoms with van der Waals surface area (Å²) in [6.45, 7) is 7.15. The molecule has 1 fully saturated rings. The molecule has 1 aliphatic heterocycles. The van der Waals surface area contributed by atoms with E-state index in [0.717, 1.165) is 5.56 Å². The molecule has 8 atom stereocenters. The van der Waals surface area contributed by atoms with E-state index in [9.17, 15) is 48.6 Å². The molecule has 19 heteroatoms. The number of benzene rings is 4. The number of aromatic hydroxyl groups is 1. The Bertz CT molecular complexity index is 2710. The summed E-state index contributed by atoms with van der Waals surface area (Å²) < 4.78 is 0. The molecule has 9 N–H and O–H groups in total. The topological polar surface area (TPSA) is 281 Å². The highest BCUT2D eigenvalue weighted by molar-refractivity contribution is 6.00. The molecule has 19 nitrogen and oxygen atoms in total. The first-order valence-corrected chi connectivity index (χ1v) is 25.2. The second-order valence-electron chi connectivity index (χ2n) is 19.2. The summed E-state index contributed by atoms with van der Waals surface area (Å²) in [7, 11) is 0. The number of likely N-dealkylation sites (tertiary alicyclic amines) is 1. The Morgan fingerprint density at radius 2 is 1.13 bits per heavy atom. The van der Waals surface area contributed by atoms with Gasteiger partial charge in [0.25, 0.3) is 5.91 Å². The summed E-state index contributed by atoms with van der Waals surface area (Å²) in [4.78, 5) is 120. The fourth-order valence-corrected chi connectivity index (χ4v) is 8.87. The molecule has 0 saturated carbocycles. The molecular weight excluding hydrogens is 959 g/mol. The number of rotatable bonds is 25. The van der Waals surface area contributed by atoms with E-state index >= 15 is 0 Å². The maximum Gasteiger partial charge on any atom is 0.326 e. The summed E-state index contributed by atoms with van der Waals surface area (Å²) >= 11 is 0. The summed E-state index contributed by atoms with van der Waals surface area (Å²) in [6.07, 6.45) is 3.92. The lowest BCUT2D eigenvalue weighted by molar-refractivity contribution is -0.145. The van der Waals surface area contributed by atoms with Gasteiger partial charge in [0.2, 0.25) is 35.4 Å². The molecule has 0 unspecified atom stereocenters. The number of amides is 7. The molecule has 0 aliphatic carbocycles. The average Bonchev–Trinajstić information content (AvgIpc) is 4.13. The second-order valence-corrected chi connectivity index (χ2v) is 19.2. The predicted molar refractivity (Wildman–Crippen MR) is 278 cm³/mol. The van der Waals surface area contributed by atoms with Crippen molar-refractivity contribution in [1.82, 2.24) is 46.8 Å². The standard InChI is InChI=1S/C56H67N9O10/c1-5-35(4)48(54(72)61-44(31-40-32-57-33-58-40)55(73)65-27-15-22-46(65)52(70)62-45(56(74)75)30-37-18-11-7-12-19-37)64-51(69)43(29-38-23-25-41(66)26-24-38)60-53(71)47(34(2)3)63-50(68)42(28-36-16-9-6-10-17-36)59-49(67)39-20-13-8-14-21-39/h6-14,16-21,23-26,32-35,42-48,66H,5,15,22,27-31H2,1-4H3,(H,57,58)(H,59,67)(H,60,71)(H,61,72)(H,62,70)(H,63,68)(H,64,69)(H,74,75)/t35-,42-,43-,44-,45-,46-,47-,48-/m0/s1. The quantitative estimate of drug-likeness (QED) is 0.0409. The van der Waals surface area contributed by atoms with Crippen LogP contribution >= 0.6 is 0 Å². The van der Waals surface area contributed by atoms with Crippen LogP contribution in [0, 0.1) is 11.8 Å². The molecule has 5 aromatic rings. The third kappa shape index (κ3) is 16.1. The molecule has 1 aliphatic rings. The van der Waals surface area contributed by atoms with E-state index < -0.39 is 101 Å². The summed E-state index contributed by atoms with van der Waals surface area (Å²) in [6, 6.07) is 23.8. The molecule has 0 spiro atoms. The van der Waals surface area contributed by atoms with E-state index in [2.05, 4.69) is 41.9 Å². The smallest absolute Gasteiger partial charge is 0.326 e. The van der Waals surface area contributed by atoms with Crippen LogP contribution in [0.25, 0.3) is 0 Å².